The van der Waals surface area contributed by atoms with Gasteiger partial charge in [0.05, 0.1) is 24.4 Å². The van der Waals surface area contributed by atoms with Gasteiger partial charge in [0.25, 0.3) is 0 Å². The predicted molar refractivity (Wildman–Crippen MR) is 114 cm³/mol. The number of alkyl carbamates (subject to hydrolysis) is 1. The third-order valence-corrected chi connectivity index (χ3v) is 5.94. The molecule has 0 aliphatic carbocycles. The molecule has 0 spiro atoms. The fourth-order valence-corrected chi connectivity index (χ4v) is 3.26. The van der Waals surface area contributed by atoms with Crippen LogP contribution in [0.2, 0.25) is 6.32 Å². The van der Waals surface area contributed by atoms with Crippen LogP contribution in [0.3, 0.4) is 0 Å². The summed E-state index contributed by atoms with van der Waals surface area (Å²) in [5.41, 5.74) is -1.77. The Balaban J connectivity index is 2.63. The second-order valence-corrected chi connectivity index (χ2v) is 8.70. The summed E-state index contributed by atoms with van der Waals surface area (Å²) in [6, 6.07) is 0. The number of esters is 1. The highest BCUT2D eigenvalue weighted by molar-refractivity contribution is 6.45. The summed E-state index contributed by atoms with van der Waals surface area (Å²) in [5.74, 6) is -0.412. The van der Waals surface area contributed by atoms with Crippen LogP contribution < -0.4 is 5.32 Å². The van der Waals surface area contributed by atoms with E-state index in [-0.39, 0.29) is 24.9 Å². The minimum absolute atomic E-state index is 0.259. The summed E-state index contributed by atoms with van der Waals surface area (Å²) in [5, 5.41) is 2.78. The average Bonchev–Trinajstić information content (AvgIpc) is 2.84. The van der Waals surface area contributed by atoms with E-state index in [0.717, 1.165) is 32.0 Å². The third-order valence-electron chi connectivity index (χ3n) is 5.94. The van der Waals surface area contributed by atoms with Crippen molar-refractivity contribution in [3.05, 3.63) is 0 Å². The number of carbonyl (C=O) groups excluding carboxylic acids is 2. The molecule has 1 aliphatic heterocycles. The first-order valence-electron chi connectivity index (χ1n) is 11.0. The van der Waals surface area contributed by atoms with Crippen molar-refractivity contribution < 1.29 is 28.4 Å². The highest BCUT2D eigenvalue weighted by Gasteiger charge is 2.50. The molecule has 0 radical (unpaired) electrons. The van der Waals surface area contributed by atoms with E-state index in [4.69, 9.17) is 18.8 Å². The molecule has 0 aromatic carbocycles. The molecule has 168 valence electrons. The number of nitrogens with one attached hydrogen (secondary N) is 1. The molecule has 0 bridgehead atoms. The van der Waals surface area contributed by atoms with E-state index in [9.17, 15) is 9.59 Å². The summed E-state index contributed by atoms with van der Waals surface area (Å²) < 4.78 is 22.5. The van der Waals surface area contributed by atoms with Crippen LogP contribution in [-0.2, 0) is 23.6 Å². The molecule has 1 amide bonds. The lowest BCUT2D eigenvalue weighted by Crippen LogP contribution is -2.55. The van der Waals surface area contributed by atoms with Crippen LogP contribution >= 0.6 is 0 Å². The van der Waals surface area contributed by atoms with Gasteiger partial charge >= 0.3 is 19.2 Å². The number of carbonyl (C=O) groups is 2. The number of unbranched alkanes of at least 4 members (excludes halogenated alkanes) is 2. The molecule has 7 nitrogen and oxygen atoms in total. The molecular formula is C21H40BNO6. The zero-order valence-electron chi connectivity index (χ0n) is 19.4. The molecule has 8 heteroatoms. The van der Waals surface area contributed by atoms with Gasteiger partial charge in [-0.25, -0.2) is 9.59 Å². The average molecular weight is 413 g/mol. The summed E-state index contributed by atoms with van der Waals surface area (Å²) >= 11 is 0. The molecule has 1 atom stereocenters. The maximum Gasteiger partial charge on any atom is 0.457 e. The van der Waals surface area contributed by atoms with E-state index in [1.807, 2.05) is 41.5 Å². The second-order valence-electron chi connectivity index (χ2n) is 8.70. The Labute approximate surface area is 176 Å². The quantitative estimate of drug-likeness (QED) is 0.288. The van der Waals surface area contributed by atoms with Crippen molar-refractivity contribution in [2.45, 2.75) is 110 Å². The molecule has 1 N–H and O–H groups in total. The number of hydrogen-bond acceptors (Lipinski definition) is 6. The van der Waals surface area contributed by atoms with Gasteiger partial charge in [-0.05, 0) is 60.2 Å². The van der Waals surface area contributed by atoms with Gasteiger partial charge in [0.15, 0.2) is 0 Å². The van der Waals surface area contributed by atoms with E-state index < -0.39 is 17.6 Å². The summed E-state index contributed by atoms with van der Waals surface area (Å²) in [6.07, 6.45) is 4.34. The monoisotopic (exact) mass is 413 g/mol. The number of amides is 1. The highest BCUT2D eigenvalue weighted by atomic mass is 16.7. The van der Waals surface area contributed by atoms with Crippen molar-refractivity contribution in [2.24, 2.45) is 0 Å². The van der Waals surface area contributed by atoms with Crippen molar-refractivity contribution in [1.29, 1.82) is 0 Å². The van der Waals surface area contributed by atoms with Crippen LogP contribution in [0.1, 0.15) is 87.0 Å². The summed E-state index contributed by atoms with van der Waals surface area (Å²) in [7, 11) is -0.259. The fourth-order valence-electron chi connectivity index (χ4n) is 3.26. The largest absolute Gasteiger partial charge is 0.464 e. The van der Waals surface area contributed by atoms with Gasteiger partial charge in [-0.1, -0.05) is 33.1 Å². The van der Waals surface area contributed by atoms with E-state index in [1.165, 1.54) is 0 Å². The second kappa shape index (κ2) is 11.2. The standard InChI is InChI=1S/C21H40BNO6/c1-8-11-16-27-18(25)23-21(9-2,17(24)26-10-3)14-12-13-15-22-28-19(4,5)20(6,7)29-22/h8-16H2,1-7H3,(H,23,25). The van der Waals surface area contributed by atoms with Crippen LogP contribution in [-0.4, -0.2) is 49.1 Å². The molecule has 1 aliphatic rings. The van der Waals surface area contributed by atoms with Crippen LogP contribution in [0.5, 0.6) is 0 Å². The van der Waals surface area contributed by atoms with Crippen LogP contribution in [0.15, 0.2) is 0 Å². The zero-order chi connectivity index (χ0) is 22.1. The van der Waals surface area contributed by atoms with Gasteiger partial charge in [-0.15, -0.1) is 0 Å². The minimum Gasteiger partial charge on any atom is -0.464 e. The smallest absolute Gasteiger partial charge is 0.457 e. The lowest BCUT2D eigenvalue weighted by molar-refractivity contribution is -0.151. The van der Waals surface area contributed by atoms with Crippen molar-refractivity contribution in [1.82, 2.24) is 5.32 Å². The minimum atomic E-state index is -1.07. The molecule has 29 heavy (non-hydrogen) atoms. The maximum absolute atomic E-state index is 12.6. The number of ether oxygens (including phenoxy) is 2. The lowest BCUT2D eigenvalue weighted by atomic mass is 9.80. The van der Waals surface area contributed by atoms with Crippen LogP contribution in [0.25, 0.3) is 0 Å². The first-order valence-corrected chi connectivity index (χ1v) is 11.0. The number of rotatable bonds is 12. The van der Waals surface area contributed by atoms with Gasteiger partial charge in [-0.3, -0.25) is 0 Å². The van der Waals surface area contributed by atoms with Gasteiger partial charge < -0.3 is 24.1 Å². The normalized spacial score (nSPS) is 19.5. The van der Waals surface area contributed by atoms with Crippen molar-refractivity contribution in [2.75, 3.05) is 13.2 Å². The molecule has 0 saturated carbocycles. The molecule has 1 fully saturated rings. The van der Waals surface area contributed by atoms with E-state index in [2.05, 4.69) is 5.32 Å². The lowest BCUT2D eigenvalue weighted by Gasteiger charge is -2.32. The van der Waals surface area contributed by atoms with Gasteiger partial charge in [0.2, 0.25) is 0 Å². The first kappa shape index (κ1) is 25.8. The van der Waals surface area contributed by atoms with Crippen LogP contribution in [0.4, 0.5) is 4.79 Å². The molecular weight excluding hydrogens is 373 g/mol. The van der Waals surface area contributed by atoms with Crippen molar-refractivity contribution in [3.63, 3.8) is 0 Å². The Kier molecular flexibility index (Phi) is 9.96. The molecule has 0 aromatic rings. The summed E-state index contributed by atoms with van der Waals surface area (Å²) in [4.78, 5) is 24.8. The Morgan fingerprint density at radius 1 is 0.966 bits per heavy atom. The van der Waals surface area contributed by atoms with Crippen molar-refractivity contribution >= 4 is 19.2 Å². The van der Waals surface area contributed by atoms with E-state index >= 15 is 0 Å². The van der Waals surface area contributed by atoms with Gasteiger partial charge in [0, 0.05) is 0 Å². The van der Waals surface area contributed by atoms with Gasteiger partial charge in [0.1, 0.15) is 5.54 Å². The maximum atomic E-state index is 12.6. The molecule has 1 rings (SSSR count). The Morgan fingerprint density at radius 3 is 2.10 bits per heavy atom. The molecule has 1 saturated heterocycles. The topological polar surface area (TPSA) is 83.1 Å². The molecule has 1 unspecified atom stereocenters. The van der Waals surface area contributed by atoms with Crippen LogP contribution in [0, 0.1) is 0 Å². The fraction of sp³-hybridized carbons (Fsp3) is 0.905. The van der Waals surface area contributed by atoms with E-state index in [1.54, 1.807) is 6.92 Å². The number of hydrogen-bond donors (Lipinski definition) is 1. The van der Waals surface area contributed by atoms with Gasteiger partial charge in [-0.2, -0.15) is 0 Å². The highest BCUT2D eigenvalue weighted by Crippen LogP contribution is 2.38. The van der Waals surface area contributed by atoms with Crippen molar-refractivity contribution in [3.8, 4) is 0 Å². The SMILES string of the molecule is CCCCOC(=O)NC(CC)(CCCCB1OC(C)(C)C(C)(C)O1)C(=O)OCC. The summed E-state index contributed by atoms with van der Waals surface area (Å²) in [6.45, 7) is 14.4. The zero-order valence-corrected chi connectivity index (χ0v) is 19.4. The molecule has 1 heterocycles. The predicted octanol–water partition coefficient (Wildman–Crippen LogP) is 4.49. The first-order chi connectivity index (χ1) is 13.5. The molecule has 0 aromatic heterocycles. The Morgan fingerprint density at radius 2 is 1.59 bits per heavy atom. The Hall–Kier alpha value is -1.28. The third kappa shape index (κ3) is 7.17. The Bertz CT molecular complexity index is 523. The van der Waals surface area contributed by atoms with E-state index in [0.29, 0.717) is 19.4 Å².